The number of carbonyl (C=O) groups is 1. The van der Waals surface area contributed by atoms with Gasteiger partial charge in [0, 0.05) is 5.39 Å². The van der Waals surface area contributed by atoms with Crippen LogP contribution in [0.2, 0.25) is 0 Å². The Hall–Kier alpha value is -3.53. The third kappa shape index (κ3) is 2.57. The summed E-state index contributed by atoms with van der Waals surface area (Å²) in [6.45, 7) is 2.46. The smallest absolute Gasteiger partial charge is 0.287 e. The Balaban J connectivity index is 1.51. The van der Waals surface area contributed by atoms with Crippen molar-refractivity contribution in [3.05, 3.63) is 89.7 Å². The topological polar surface area (TPSA) is 51.5 Å². The zero-order chi connectivity index (χ0) is 19.1. The average molecular weight is 369 g/mol. The second-order valence-corrected chi connectivity index (χ2v) is 6.80. The number of benzene rings is 3. The number of rotatable bonds is 4. The minimum absolute atomic E-state index is 0.195. The lowest BCUT2D eigenvalue weighted by Gasteiger charge is -2.15. The Labute approximate surface area is 162 Å². The van der Waals surface area contributed by atoms with Gasteiger partial charge in [-0.3, -0.25) is 4.79 Å². The van der Waals surface area contributed by atoms with E-state index < -0.39 is 0 Å². The predicted molar refractivity (Wildman–Crippen MR) is 109 cm³/mol. The number of ether oxygens (including phenoxy) is 1. The van der Waals surface area contributed by atoms with Crippen molar-refractivity contribution in [2.75, 3.05) is 6.61 Å². The summed E-state index contributed by atoms with van der Waals surface area (Å²) in [4.78, 5) is 13.0. The molecule has 1 aromatic heterocycles. The van der Waals surface area contributed by atoms with Crippen LogP contribution < -0.4 is 10.1 Å². The Morgan fingerprint density at radius 1 is 0.964 bits per heavy atom. The van der Waals surface area contributed by atoms with E-state index in [4.69, 9.17) is 9.15 Å². The first-order valence-electron chi connectivity index (χ1n) is 9.40. The van der Waals surface area contributed by atoms with Crippen LogP contribution >= 0.6 is 0 Å². The fourth-order valence-corrected chi connectivity index (χ4v) is 3.93. The van der Waals surface area contributed by atoms with Crippen LogP contribution in [-0.4, -0.2) is 12.5 Å². The summed E-state index contributed by atoms with van der Waals surface area (Å²) in [7, 11) is 0. The molecule has 1 amide bonds. The van der Waals surface area contributed by atoms with Crippen LogP contribution in [0.1, 0.15) is 34.6 Å². The molecule has 138 valence electrons. The van der Waals surface area contributed by atoms with Crippen LogP contribution in [0.4, 0.5) is 0 Å². The first-order valence-corrected chi connectivity index (χ1v) is 9.40. The molecule has 28 heavy (non-hydrogen) atoms. The minimum Gasteiger partial charge on any atom is -0.490 e. The Morgan fingerprint density at radius 3 is 2.32 bits per heavy atom. The fourth-order valence-electron chi connectivity index (χ4n) is 3.93. The van der Waals surface area contributed by atoms with Crippen molar-refractivity contribution in [1.82, 2.24) is 5.32 Å². The molecule has 4 nitrogen and oxygen atoms in total. The molecule has 1 aliphatic rings. The molecule has 0 unspecified atom stereocenters. The van der Waals surface area contributed by atoms with E-state index in [1.165, 1.54) is 0 Å². The quantitative estimate of drug-likeness (QED) is 0.529. The predicted octanol–water partition coefficient (Wildman–Crippen LogP) is 5.33. The van der Waals surface area contributed by atoms with E-state index in [0.717, 1.165) is 27.6 Å². The van der Waals surface area contributed by atoms with Crippen molar-refractivity contribution in [3.63, 3.8) is 0 Å². The molecule has 0 spiro atoms. The molecule has 0 fully saturated rings. The van der Waals surface area contributed by atoms with Gasteiger partial charge in [-0.15, -0.1) is 0 Å². The van der Waals surface area contributed by atoms with Crippen molar-refractivity contribution in [1.29, 1.82) is 0 Å². The minimum atomic E-state index is -0.241. The monoisotopic (exact) mass is 369 g/mol. The lowest BCUT2D eigenvalue weighted by atomic mass is 10.1. The van der Waals surface area contributed by atoms with E-state index in [0.29, 0.717) is 17.9 Å². The van der Waals surface area contributed by atoms with Crippen LogP contribution in [0.3, 0.4) is 0 Å². The fraction of sp³-hybridized carbons (Fsp3) is 0.125. The maximum absolute atomic E-state index is 13.0. The lowest BCUT2D eigenvalue weighted by molar-refractivity contribution is 0.0917. The van der Waals surface area contributed by atoms with Crippen molar-refractivity contribution in [2.45, 2.75) is 13.0 Å². The van der Waals surface area contributed by atoms with Crippen LogP contribution in [0.25, 0.3) is 22.1 Å². The van der Waals surface area contributed by atoms with Crippen LogP contribution in [-0.2, 0) is 0 Å². The normalized spacial score (nSPS) is 12.6. The Morgan fingerprint density at radius 2 is 1.64 bits per heavy atom. The standard InChI is InChI=1S/C24H19NO3/c1-2-27-20-13-7-8-15-14-21(28-23(15)20)24(26)25-22-18-11-5-3-9-16(18)17-10-4-6-12-19(17)22/h3-14,22H,2H2,1H3,(H,25,26). The first kappa shape index (κ1) is 16.6. The van der Waals surface area contributed by atoms with Gasteiger partial charge in [-0.05, 0) is 41.3 Å². The molecule has 1 aliphatic carbocycles. The molecular weight excluding hydrogens is 350 g/mol. The van der Waals surface area contributed by atoms with Gasteiger partial charge in [-0.1, -0.05) is 60.7 Å². The number of nitrogens with one attached hydrogen (secondary N) is 1. The van der Waals surface area contributed by atoms with Crippen molar-refractivity contribution >= 4 is 16.9 Å². The third-order valence-electron chi connectivity index (χ3n) is 5.14. The summed E-state index contributed by atoms with van der Waals surface area (Å²) < 4.78 is 11.5. The second kappa shape index (κ2) is 6.57. The average Bonchev–Trinajstić information content (AvgIpc) is 3.30. The summed E-state index contributed by atoms with van der Waals surface area (Å²) in [6, 6.07) is 23.6. The van der Waals surface area contributed by atoms with Gasteiger partial charge in [0.1, 0.15) is 0 Å². The molecule has 4 aromatic rings. The van der Waals surface area contributed by atoms with E-state index in [-0.39, 0.29) is 17.7 Å². The van der Waals surface area contributed by atoms with E-state index in [1.807, 2.05) is 49.4 Å². The van der Waals surface area contributed by atoms with Gasteiger partial charge in [-0.25, -0.2) is 0 Å². The van der Waals surface area contributed by atoms with Gasteiger partial charge in [0.25, 0.3) is 5.91 Å². The molecule has 0 aliphatic heterocycles. The highest BCUT2D eigenvalue weighted by atomic mass is 16.5. The van der Waals surface area contributed by atoms with Crippen LogP contribution in [0.15, 0.2) is 77.2 Å². The van der Waals surface area contributed by atoms with Crippen LogP contribution in [0.5, 0.6) is 5.75 Å². The number of hydrogen-bond donors (Lipinski definition) is 1. The highest BCUT2D eigenvalue weighted by Crippen LogP contribution is 2.43. The summed E-state index contributed by atoms with van der Waals surface area (Å²) in [5.74, 6) is 0.690. The number of furan rings is 1. The number of para-hydroxylation sites is 1. The molecule has 4 heteroatoms. The zero-order valence-corrected chi connectivity index (χ0v) is 15.4. The molecule has 0 atom stereocenters. The van der Waals surface area contributed by atoms with E-state index in [9.17, 15) is 4.79 Å². The van der Waals surface area contributed by atoms with Crippen LogP contribution in [0, 0.1) is 0 Å². The molecule has 1 heterocycles. The molecule has 3 aromatic carbocycles. The van der Waals surface area contributed by atoms with Crippen molar-refractivity contribution in [2.24, 2.45) is 0 Å². The number of carbonyl (C=O) groups excluding carboxylic acids is 1. The number of hydrogen-bond acceptors (Lipinski definition) is 3. The van der Waals surface area contributed by atoms with Crippen molar-refractivity contribution < 1.29 is 13.9 Å². The van der Waals surface area contributed by atoms with Gasteiger partial charge in [0.15, 0.2) is 17.1 Å². The number of amides is 1. The van der Waals surface area contributed by atoms with Gasteiger partial charge in [0.05, 0.1) is 12.6 Å². The molecule has 0 saturated carbocycles. The number of fused-ring (bicyclic) bond motifs is 4. The molecule has 0 radical (unpaired) electrons. The van der Waals surface area contributed by atoms with E-state index in [2.05, 4.69) is 29.6 Å². The summed E-state index contributed by atoms with van der Waals surface area (Å²) in [5.41, 5.74) is 5.12. The maximum atomic E-state index is 13.0. The largest absolute Gasteiger partial charge is 0.490 e. The molecule has 5 rings (SSSR count). The third-order valence-corrected chi connectivity index (χ3v) is 5.14. The summed E-state index contributed by atoms with van der Waals surface area (Å²) in [6.07, 6.45) is 0. The molecular formula is C24H19NO3. The first-order chi connectivity index (χ1) is 13.8. The second-order valence-electron chi connectivity index (χ2n) is 6.80. The van der Waals surface area contributed by atoms with Gasteiger partial charge >= 0.3 is 0 Å². The summed E-state index contributed by atoms with van der Waals surface area (Å²) in [5, 5.41) is 4.00. The van der Waals surface area contributed by atoms with Gasteiger partial charge in [0.2, 0.25) is 0 Å². The van der Waals surface area contributed by atoms with Gasteiger partial charge in [-0.2, -0.15) is 0 Å². The molecule has 1 N–H and O–H groups in total. The molecule has 0 bridgehead atoms. The highest BCUT2D eigenvalue weighted by Gasteiger charge is 2.30. The van der Waals surface area contributed by atoms with Crippen molar-refractivity contribution in [3.8, 4) is 16.9 Å². The Bertz CT molecular complexity index is 1150. The summed E-state index contributed by atoms with van der Waals surface area (Å²) >= 11 is 0. The van der Waals surface area contributed by atoms with Gasteiger partial charge < -0.3 is 14.5 Å². The maximum Gasteiger partial charge on any atom is 0.287 e. The highest BCUT2D eigenvalue weighted by molar-refractivity contribution is 5.98. The Kier molecular flexibility index (Phi) is 3.90. The van der Waals surface area contributed by atoms with E-state index in [1.54, 1.807) is 6.07 Å². The van der Waals surface area contributed by atoms with E-state index >= 15 is 0 Å². The lowest BCUT2D eigenvalue weighted by Crippen LogP contribution is -2.27. The zero-order valence-electron chi connectivity index (χ0n) is 15.4. The SMILES string of the molecule is CCOc1cccc2cc(C(=O)NC3c4ccccc4-c4ccccc43)oc12. The molecule has 0 saturated heterocycles.